The summed E-state index contributed by atoms with van der Waals surface area (Å²) in [4.78, 5) is 12.4. The third kappa shape index (κ3) is 3.02. The maximum absolute atomic E-state index is 12.4. The summed E-state index contributed by atoms with van der Waals surface area (Å²) < 4.78 is 2.50. The van der Waals surface area contributed by atoms with Gasteiger partial charge in [0.15, 0.2) is 0 Å². The third-order valence-corrected chi connectivity index (χ3v) is 4.91. The summed E-state index contributed by atoms with van der Waals surface area (Å²) in [5.41, 5.74) is 0.632. The van der Waals surface area contributed by atoms with Crippen LogP contribution >= 0.6 is 15.9 Å². The van der Waals surface area contributed by atoms with Crippen molar-refractivity contribution in [2.24, 2.45) is 11.8 Å². The van der Waals surface area contributed by atoms with Crippen molar-refractivity contribution < 1.29 is 4.79 Å². The van der Waals surface area contributed by atoms with Crippen molar-refractivity contribution in [3.8, 4) is 0 Å². The van der Waals surface area contributed by atoms with Crippen LogP contribution in [0.1, 0.15) is 50.5 Å². The molecule has 1 fully saturated rings. The molecule has 1 aromatic rings. The summed E-state index contributed by atoms with van der Waals surface area (Å²) >= 11 is 3.41. The molecule has 2 rings (SSSR count). The topological polar surface area (TPSA) is 46.9 Å². The van der Waals surface area contributed by atoms with Crippen molar-refractivity contribution in [1.82, 2.24) is 15.1 Å². The van der Waals surface area contributed by atoms with Gasteiger partial charge in [-0.25, -0.2) is 0 Å². The Hall–Kier alpha value is -0.840. The Balaban J connectivity index is 2.10. The van der Waals surface area contributed by atoms with Gasteiger partial charge < -0.3 is 5.32 Å². The van der Waals surface area contributed by atoms with Crippen LogP contribution < -0.4 is 5.32 Å². The summed E-state index contributed by atoms with van der Waals surface area (Å²) in [6, 6.07) is 0.281. The highest BCUT2D eigenvalue weighted by Gasteiger charge is 2.29. The number of carbonyl (C=O) groups excluding carboxylic acids is 1. The zero-order valence-electron chi connectivity index (χ0n) is 11.8. The predicted molar refractivity (Wildman–Crippen MR) is 79.0 cm³/mol. The molecular weight excluding hydrogens is 306 g/mol. The molecule has 19 heavy (non-hydrogen) atoms. The van der Waals surface area contributed by atoms with Gasteiger partial charge in [-0.05, 0) is 41.1 Å². The minimum Gasteiger partial charge on any atom is -0.348 e. The van der Waals surface area contributed by atoms with Crippen molar-refractivity contribution in [1.29, 1.82) is 0 Å². The highest BCUT2D eigenvalue weighted by molar-refractivity contribution is 9.10. The first-order chi connectivity index (χ1) is 9.04. The second-order valence-electron chi connectivity index (χ2n) is 5.50. The van der Waals surface area contributed by atoms with E-state index in [1.54, 1.807) is 10.9 Å². The lowest BCUT2D eigenvalue weighted by Gasteiger charge is -2.34. The molecule has 1 aliphatic carbocycles. The number of amides is 1. The second-order valence-corrected chi connectivity index (χ2v) is 6.36. The van der Waals surface area contributed by atoms with Crippen LogP contribution in [0.2, 0.25) is 0 Å². The van der Waals surface area contributed by atoms with E-state index >= 15 is 0 Å². The third-order valence-electron chi connectivity index (χ3n) is 4.33. The average Bonchev–Trinajstić information content (AvgIpc) is 2.76. The van der Waals surface area contributed by atoms with E-state index in [0.29, 0.717) is 24.1 Å². The fourth-order valence-corrected chi connectivity index (χ4v) is 3.33. The molecule has 0 unspecified atom stereocenters. The Morgan fingerprint density at radius 2 is 2.26 bits per heavy atom. The monoisotopic (exact) mass is 327 g/mol. The van der Waals surface area contributed by atoms with Gasteiger partial charge >= 0.3 is 0 Å². The summed E-state index contributed by atoms with van der Waals surface area (Å²) in [5, 5.41) is 7.38. The smallest absolute Gasteiger partial charge is 0.270 e. The Bertz CT molecular complexity index is 458. The molecule has 1 amide bonds. The van der Waals surface area contributed by atoms with Crippen molar-refractivity contribution in [2.75, 3.05) is 0 Å². The maximum atomic E-state index is 12.4. The minimum absolute atomic E-state index is 0.0165. The van der Waals surface area contributed by atoms with Crippen molar-refractivity contribution in [3.63, 3.8) is 0 Å². The summed E-state index contributed by atoms with van der Waals surface area (Å²) in [7, 11) is 0. The molecule has 106 valence electrons. The number of nitrogens with zero attached hydrogens (tertiary/aromatic N) is 2. The van der Waals surface area contributed by atoms with E-state index in [-0.39, 0.29) is 11.9 Å². The first kappa shape index (κ1) is 14.6. The van der Waals surface area contributed by atoms with Crippen LogP contribution in [0.5, 0.6) is 0 Å². The SMILES string of the molecule is CCn1ncc(Br)c1C(=O)N[C@@H]1CCC[C@H](C)[C@H]1C. The number of carbonyl (C=O) groups is 1. The van der Waals surface area contributed by atoms with Crippen LogP contribution in [0.25, 0.3) is 0 Å². The van der Waals surface area contributed by atoms with Crippen LogP contribution in [0.4, 0.5) is 0 Å². The molecule has 1 aromatic heterocycles. The Kier molecular flexibility index (Phi) is 4.66. The lowest BCUT2D eigenvalue weighted by molar-refractivity contribution is 0.0879. The zero-order valence-corrected chi connectivity index (χ0v) is 13.4. The van der Waals surface area contributed by atoms with Crippen LogP contribution in [0.3, 0.4) is 0 Å². The number of rotatable bonds is 3. The fourth-order valence-electron chi connectivity index (χ4n) is 2.85. The number of hydrogen-bond acceptors (Lipinski definition) is 2. The number of aromatic nitrogens is 2. The van der Waals surface area contributed by atoms with Gasteiger partial charge in [0.05, 0.1) is 10.7 Å². The van der Waals surface area contributed by atoms with E-state index in [1.807, 2.05) is 6.92 Å². The van der Waals surface area contributed by atoms with Gasteiger partial charge in [0.25, 0.3) is 5.91 Å². The molecular formula is C14H22BrN3O. The molecule has 1 heterocycles. The fraction of sp³-hybridized carbons (Fsp3) is 0.714. The van der Waals surface area contributed by atoms with E-state index in [4.69, 9.17) is 0 Å². The first-order valence-electron chi connectivity index (χ1n) is 7.06. The predicted octanol–water partition coefficient (Wildman–Crippen LogP) is 3.22. The summed E-state index contributed by atoms with van der Waals surface area (Å²) in [5.74, 6) is 1.20. The number of aryl methyl sites for hydroxylation is 1. The lowest BCUT2D eigenvalue weighted by Crippen LogP contribution is -2.44. The molecule has 0 saturated heterocycles. The van der Waals surface area contributed by atoms with E-state index < -0.39 is 0 Å². The molecule has 1 N–H and O–H groups in total. The average molecular weight is 328 g/mol. The van der Waals surface area contributed by atoms with E-state index in [9.17, 15) is 4.79 Å². The normalized spacial score (nSPS) is 27.3. The van der Waals surface area contributed by atoms with Crippen LogP contribution in [-0.4, -0.2) is 21.7 Å². The molecule has 3 atom stereocenters. The van der Waals surface area contributed by atoms with Crippen LogP contribution in [0, 0.1) is 11.8 Å². The summed E-state index contributed by atoms with van der Waals surface area (Å²) in [6.07, 6.45) is 5.23. The number of halogens is 1. The molecule has 1 aliphatic rings. The molecule has 0 spiro atoms. The Morgan fingerprint density at radius 3 is 2.95 bits per heavy atom. The standard InChI is InChI=1S/C14H22BrN3O/c1-4-18-13(11(15)8-16-18)14(19)17-12-7-5-6-9(2)10(12)3/h8-10,12H,4-7H2,1-3H3,(H,17,19)/t9-,10+,12+/m0/s1. The van der Waals surface area contributed by atoms with E-state index in [2.05, 4.69) is 40.2 Å². The highest BCUT2D eigenvalue weighted by Crippen LogP contribution is 2.30. The van der Waals surface area contributed by atoms with Gasteiger partial charge in [-0.2, -0.15) is 5.10 Å². The Morgan fingerprint density at radius 1 is 1.53 bits per heavy atom. The van der Waals surface area contributed by atoms with Crippen LogP contribution in [0.15, 0.2) is 10.7 Å². The molecule has 0 bridgehead atoms. The molecule has 0 radical (unpaired) electrons. The van der Waals surface area contributed by atoms with Gasteiger partial charge in [-0.15, -0.1) is 0 Å². The van der Waals surface area contributed by atoms with E-state index in [0.717, 1.165) is 10.9 Å². The minimum atomic E-state index is -0.0165. The van der Waals surface area contributed by atoms with Crippen molar-refractivity contribution in [2.45, 2.75) is 52.6 Å². The molecule has 1 saturated carbocycles. The first-order valence-corrected chi connectivity index (χ1v) is 7.86. The number of hydrogen-bond donors (Lipinski definition) is 1. The number of nitrogens with one attached hydrogen (secondary N) is 1. The largest absolute Gasteiger partial charge is 0.348 e. The van der Waals surface area contributed by atoms with E-state index in [1.165, 1.54) is 12.8 Å². The molecule has 0 aliphatic heterocycles. The van der Waals surface area contributed by atoms with Gasteiger partial charge in [-0.1, -0.05) is 26.7 Å². The summed E-state index contributed by atoms with van der Waals surface area (Å²) in [6.45, 7) is 7.20. The quantitative estimate of drug-likeness (QED) is 0.926. The van der Waals surface area contributed by atoms with Gasteiger partial charge in [0.1, 0.15) is 5.69 Å². The highest BCUT2D eigenvalue weighted by atomic mass is 79.9. The van der Waals surface area contributed by atoms with Crippen molar-refractivity contribution in [3.05, 3.63) is 16.4 Å². The molecule has 4 nitrogen and oxygen atoms in total. The Labute approximate surface area is 123 Å². The lowest BCUT2D eigenvalue weighted by atomic mass is 9.78. The van der Waals surface area contributed by atoms with Gasteiger partial charge in [0.2, 0.25) is 0 Å². The van der Waals surface area contributed by atoms with Gasteiger partial charge in [0, 0.05) is 12.6 Å². The molecule has 0 aromatic carbocycles. The molecule has 5 heteroatoms. The van der Waals surface area contributed by atoms with Gasteiger partial charge in [-0.3, -0.25) is 9.48 Å². The van der Waals surface area contributed by atoms with Crippen LogP contribution in [-0.2, 0) is 6.54 Å². The zero-order chi connectivity index (χ0) is 14.0. The second kappa shape index (κ2) is 6.07. The maximum Gasteiger partial charge on any atom is 0.270 e. The van der Waals surface area contributed by atoms with Crippen molar-refractivity contribution >= 4 is 21.8 Å².